The molecule has 0 radical (unpaired) electrons. The van der Waals surface area contributed by atoms with Crippen LogP contribution in [0.3, 0.4) is 0 Å². The molecule has 1 aromatic heterocycles. The van der Waals surface area contributed by atoms with Crippen LogP contribution in [0.4, 0.5) is 0 Å². The van der Waals surface area contributed by atoms with Crippen LogP contribution in [0.5, 0.6) is 0 Å². The minimum atomic E-state index is 0.191. The summed E-state index contributed by atoms with van der Waals surface area (Å²) >= 11 is 0. The van der Waals surface area contributed by atoms with Gasteiger partial charge in [-0.25, -0.2) is 0 Å². The van der Waals surface area contributed by atoms with Gasteiger partial charge in [-0.2, -0.15) is 0 Å². The normalized spacial score (nSPS) is 12.8. The summed E-state index contributed by atoms with van der Waals surface area (Å²) in [6, 6.07) is 14.7. The van der Waals surface area contributed by atoms with Gasteiger partial charge < -0.3 is 10.2 Å². The van der Waals surface area contributed by atoms with Gasteiger partial charge in [-0.3, -0.25) is 4.90 Å². The number of likely N-dealkylation sites (N-methyl/N-ethyl adjacent to an activating group) is 1. The number of nitrogens with zero attached hydrogens (tertiary/aromatic N) is 1. The molecule has 0 aliphatic carbocycles. The molecular weight excluding hydrogens is 248 g/mol. The fourth-order valence-electron chi connectivity index (χ4n) is 2.39. The Labute approximate surface area is 121 Å². The molecule has 20 heavy (non-hydrogen) atoms. The molecular formula is C17H24N2O. The Hall–Kier alpha value is -1.58. The summed E-state index contributed by atoms with van der Waals surface area (Å²) in [6.45, 7) is 3.66. The van der Waals surface area contributed by atoms with E-state index in [2.05, 4.69) is 36.2 Å². The highest BCUT2D eigenvalue weighted by Crippen LogP contribution is 2.10. The maximum absolute atomic E-state index is 6.21. The fourth-order valence-corrected chi connectivity index (χ4v) is 2.39. The molecule has 1 atom stereocenters. The molecule has 2 rings (SSSR count). The third-order valence-electron chi connectivity index (χ3n) is 3.41. The van der Waals surface area contributed by atoms with E-state index in [-0.39, 0.29) is 6.04 Å². The summed E-state index contributed by atoms with van der Waals surface area (Å²) in [4.78, 5) is 2.22. The zero-order chi connectivity index (χ0) is 14.4. The van der Waals surface area contributed by atoms with Crippen molar-refractivity contribution in [2.24, 2.45) is 5.73 Å². The lowest BCUT2D eigenvalue weighted by Gasteiger charge is -2.20. The third-order valence-corrected chi connectivity index (χ3v) is 3.41. The van der Waals surface area contributed by atoms with E-state index >= 15 is 0 Å². The van der Waals surface area contributed by atoms with Crippen molar-refractivity contribution in [3.05, 3.63) is 59.5 Å². The first-order valence-electron chi connectivity index (χ1n) is 7.17. The van der Waals surface area contributed by atoms with E-state index in [0.717, 1.165) is 37.5 Å². The van der Waals surface area contributed by atoms with Gasteiger partial charge in [0.2, 0.25) is 0 Å². The Bertz CT molecular complexity index is 507. The Morgan fingerprint density at radius 3 is 2.55 bits per heavy atom. The standard InChI is InChI=1S/C17H24N2O/c1-14-8-11-17(20-14)13-19(2)12-16(18)10-9-15-6-4-3-5-7-15/h3-8,11,16H,9-10,12-13,18H2,1-2H3. The Balaban J connectivity index is 1.72. The zero-order valence-electron chi connectivity index (χ0n) is 12.4. The minimum Gasteiger partial charge on any atom is -0.465 e. The second-order valence-electron chi connectivity index (χ2n) is 5.49. The largest absolute Gasteiger partial charge is 0.465 e. The van der Waals surface area contributed by atoms with Gasteiger partial charge in [0.1, 0.15) is 11.5 Å². The Morgan fingerprint density at radius 2 is 1.90 bits per heavy atom. The van der Waals surface area contributed by atoms with E-state index < -0.39 is 0 Å². The fraction of sp³-hybridized carbons (Fsp3) is 0.412. The van der Waals surface area contributed by atoms with Crippen molar-refractivity contribution < 1.29 is 4.42 Å². The molecule has 0 saturated heterocycles. The molecule has 0 aliphatic rings. The van der Waals surface area contributed by atoms with Crippen LogP contribution in [0.2, 0.25) is 0 Å². The van der Waals surface area contributed by atoms with Gasteiger partial charge in [0.05, 0.1) is 6.54 Å². The van der Waals surface area contributed by atoms with Crippen LogP contribution >= 0.6 is 0 Å². The van der Waals surface area contributed by atoms with Crippen LogP contribution < -0.4 is 5.73 Å². The molecule has 3 heteroatoms. The molecule has 0 amide bonds. The average Bonchev–Trinajstić information content (AvgIpc) is 2.83. The number of hydrogen-bond donors (Lipinski definition) is 1. The minimum absolute atomic E-state index is 0.191. The average molecular weight is 272 g/mol. The lowest BCUT2D eigenvalue weighted by molar-refractivity contribution is 0.271. The number of aryl methyl sites for hydroxylation is 2. The van der Waals surface area contributed by atoms with E-state index in [4.69, 9.17) is 10.2 Å². The van der Waals surface area contributed by atoms with E-state index in [1.165, 1.54) is 5.56 Å². The van der Waals surface area contributed by atoms with Crippen molar-refractivity contribution in [2.75, 3.05) is 13.6 Å². The van der Waals surface area contributed by atoms with E-state index in [9.17, 15) is 0 Å². The Kier molecular flexibility index (Phi) is 5.39. The van der Waals surface area contributed by atoms with Crippen molar-refractivity contribution >= 4 is 0 Å². The van der Waals surface area contributed by atoms with Crippen LogP contribution in [-0.4, -0.2) is 24.5 Å². The van der Waals surface area contributed by atoms with Gasteiger partial charge in [0.25, 0.3) is 0 Å². The van der Waals surface area contributed by atoms with E-state index in [1.54, 1.807) is 0 Å². The first kappa shape index (κ1) is 14.8. The number of benzene rings is 1. The highest BCUT2D eigenvalue weighted by Gasteiger charge is 2.09. The molecule has 0 spiro atoms. The predicted octanol–water partition coefficient (Wildman–Crippen LogP) is 2.98. The van der Waals surface area contributed by atoms with Crippen LogP contribution in [0.15, 0.2) is 46.9 Å². The molecule has 0 saturated carbocycles. The molecule has 1 unspecified atom stereocenters. The summed E-state index contributed by atoms with van der Waals surface area (Å²) in [6.07, 6.45) is 2.04. The molecule has 0 fully saturated rings. The van der Waals surface area contributed by atoms with E-state index in [0.29, 0.717) is 0 Å². The van der Waals surface area contributed by atoms with Crippen molar-refractivity contribution in [3.63, 3.8) is 0 Å². The van der Waals surface area contributed by atoms with Crippen LogP contribution in [0.1, 0.15) is 23.5 Å². The van der Waals surface area contributed by atoms with Crippen molar-refractivity contribution in [1.29, 1.82) is 0 Å². The van der Waals surface area contributed by atoms with E-state index in [1.807, 2.05) is 25.1 Å². The summed E-state index contributed by atoms with van der Waals surface area (Å²) in [7, 11) is 2.08. The molecule has 0 bridgehead atoms. The predicted molar refractivity (Wildman–Crippen MR) is 82.5 cm³/mol. The van der Waals surface area contributed by atoms with Crippen LogP contribution in [0.25, 0.3) is 0 Å². The molecule has 108 valence electrons. The quantitative estimate of drug-likeness (QED) is 0.842. The Morgan fingerprint density at radius 1 is 1.15 bits per heavy atom. The highest BCUT2D eigenvalue weighted by atomic mass is 16.3. The van der Waals surface area contributed by atoms with Gasteiger partial charge in [0.15, 0.2) is 0 Å². The first-order chi connectivity index (χ1) is 9.63. The maximum atomic E-state index is 6.21. The number of furan rings is 1. The first-order valence-corrected chi connectivity index (χ1v) is 7.17. The van der Waals surface area contributed by atoms with Gasteiger partial charge in [-0.15, -0.1) is 0 Å². The maximum Gasteiger partial charge on any atom is 0.118 e. The van der Waals surface area contributed by atoms with Crippen molar-refractivity contribution in [1.82, 2.24) is 4.90 Å². The van der Waals surface area contributed by atoms with Gasteiger partial charge in [-0.05, 0) is 44.5 Å². The van der Waals surface area contributed by atoms with Gasteiger partial charge in [-0.1, -0.05) is 30.3 Å². The van der Waals surface area contributed by atoms with Crippen LogP contribution in [0, 0.1) is 6.92 Å². The second-order valence-corrected chi connectivity index (χ2v) is 5.49. The smallest absolute Gasteiger partial charge is 0.118 e. The molecule has 3 nitrogen and oxygen atoms in total. The second kappa shape index (κ2) is 7.27. The summed E-state index contributed by atoms with van der Waals surface area (Å²) in [5.74, 6) is 1.96. The SMILES string of the molecule is Cc1ccc(CN(C)CC(N)CCc2ccccc2)o1. The molecule has 0 aliphatic heterocycles. The zero-order valence-corrected chi connectivity index (χ0v) is 12.4. The number of hydrogen-bond acceptors (Lipinski definition) is 3. The molecule has 1 aromatic carbocycles. The topological polar surface area (TPSA) is 42.4 Å². The molecule has 2 N–H and O–H groups in total. The lowest BCUT2D eigenvalue weighted by atomic mass is 10.1. The summed E-state index contributed by atoms with van der Waals surface area (Å²) in [5.41, 5.74) is 7.56. The lowest BCUT2D eigenvalue weighted by Crippen LogP contribution is -2.35. The van der Waals surface area contributed by atoms with Crippen molar-refractivity contribution in [3.8, 4) is 0 Å². The summed E-state index contributed by atoms with van der Waals surface area (Å²) < 4.78 is 5.58. The highest BCUT2D eigenvalue weighted by molar-refractivity contribution is 5.14. The third kappa shape index (κ3) is 4.83. The number of nitrogens with two attached hydrogens (primary N) is 1. The molecule has 1 heterocycles. The summed E-state index contributed by atoms with van der Waals surface area (Å²) in [5, 5.41) is 0. The van der Waals surface area contributed by atoms with Gasteiger partial charge >= 0.3 is 0 Å². The van der Waals surface area contributed by atoms with Crippen molar-refractivity contribution in [2.45, 2.75) is 32.4 Å². The number of rotatable bonds is 7. The van der Waals surface area contributed by atoms with Gasteiger partial charge in [0, 0.05) is 12.6 Å². The van der Waals surface area contributed by atoms with Crippen LogP contribution in [-0.2, 0) is 13.0 Å². The monoisotopic (exact) mass is 272 g/mol. The molecule has 2 aromatic rings.